The number of halogens is 1. The van der Waals surface area contributed by atoms with Crippen LogP contribution in [0.2, 0.25) is 0 Å². The average molecular weight is 545 g/mol. The highest BCUT2D eigenvalue weighted by Crippen LogP contribution is 2.39. The van der Waals surface area contributed by atoms with E-state index in [0.29, 0.717) is 30.4 Å². The van der Waals surface area contributed by atoms with Gasteiger partial charge in [0, 0.05) is 44.5 Å². The maximum absolute atomic E-state index is 5.93. The Kier molecular flexibility index (Phi) is 9.69. The molecule has 2 aromatic rings. The van der Waals surface area contributed by atoms with E-state index in [4.69, 9.17) is 18.9 Å². The summed E-state index contributed by atoms with van der Waals surface area (Å²) in [5.74, 6) is 2.80. The number of guanidine groups is 1. The molecule has 10 heteroatoms. The highest BCUT2D eigenvalue weighted by atomic mass is 127. The van der Waals surface area contributed by atoms with Crippen molar-refractivity contribution in [1.29, 1.82) is 0 Å². The van der Waals surface area contributed by atoms with Crippen LogP contribution in [0.1, 0.15) is 17.2 Å². The molecule has 1 fully saturated rings. The molecular formula is C21H32IN5O4. The lowest BCUT2D eigenvalue weighted by Crippen LogP contribution is -2.48. The largest absolute Gasteiger partial charge is 0.493 e. The van der Waals surface area contributed by atoms with Crippen molar-refractivity contribution in [1.82, 2.24) is 20.0 Å². The van der Waals surface area contributed by atoms with Gasteiger partial charge in [-0.2, -0.15) is 5.10 Å². The Bertz CT molecular complexity index is 873. The second-order valence-corrected chi connectivity index (χ2v) is 6.97. The predicted molar refractivity (Wildman–Crippen MR) is 130 cm³/mol. The zero-order valence-corrected chi connectivity index (χ0v) is 21.1. The van der Waals surface area contributed by atoms with E-state index in [1.807, 2.05) is 31.6 Å². The zero-order valence-electron chi connectivity index (χ0n) is 18.8. The molecule has 3 rings (SSSR count). The molecule has 0 spiro atoms. The molecule has 1 aliphatic heterocycles. The first kappa shape index (κ1) is 25.1. The second kappa shape index (κ2) is 12.0. The van der Waals surface area contributed by atoms with E-state index in [1.54, 1.807) is 33.1 Å². The van der Waals surface area contributed by atoms with Crippen LogP contribution >= 0.6 is 24.0 Å². The van der Waals surface area contributed by atoms with Crippen LogP contribution in [0.25, 0.3) is 0 Å². The molecule has 0 saturated carbocycles. The van der Waals surface area contributed by atoms with Crippen molar-refractivity contribution >= 4 is 29.9 Å². The molecule has 2 heterocycles. The number of nitrogens with one attached hydrogen (secondary N) is 1. The van der Waals surface area contributed by atoms with Crippen LogP contribution in [0, 0.1) is 0 Å². The van der Waals surface area contributed by atoms with Gasteiger partial charge in [0.15, 0.2) is 17.5 Å². The molecule has 172 valence electrons. The molecule has 1 aromatic heterocycles. The molecule has 1 saturated heterocycles. The van der Waals surface area contributed by atoms with Crippen LogP contribution in [0.15, 0.2) is 29.5 Å². The van der Waals surface area contributed by atoms with Crippen LogP contribution < -0.4 is 19.5 Å². The summed E-state index contributed by atoms with van der Waals surface area (Å²) in [4.78, 5) is 6.67. The van der Waals surface area contributed by atoms with Gasteiger partial charge in [-0.3, -0.25) is 9.67 Å². The fraction of sp³-hybridized carbons (Fsp3) is 0.524. The van der Waals surface area contributed by atoms with Gasteiger partial charge in [-0.15, -0.1) is 24.0 Å². The Morgan fingerprint density at radius 3 is 2.61 bits per heavy atom. The summed E-state index contributed by atoms with van der Waals surface area (Å²) in [6, 6.07) is 3.89. The fourth-order valence-corrected chi connectivity index (χ4v) is 3.65. The van der Waals surface area contributed by atoms with Gasteiger partial charge in [-0.25, -0.2) is 0 Å². The third kappa shape index (κ3) is 5.94. The molecule has 1 atom stereocenters. The summed E-state index contributed by atoms with van der Waals surface area (Å²) in [5, 5.41) is 7.70. The van der Waals surface area contributed by atoms with Crippen LogP contribution in [0.5, 0.6) is 17.2 Å². The third-order valence-corrected chi connectivity index (χ3v) is 5.14. The van der Waals surface area contributed by atoms with Crippen LogP contribution in [0.3, 0.4) is 0 Å². The van der Waals surface area contributed by atoms with E-state index in [-0.39, 0.29) is 30.1 Å². The minimum atomic E-state index is -0.0167. The second-order valence-electron chi connectivity index (χ2n) is 6.97. The van der Waals surface area contributed by atoms with E-state index < -0.39 is 0 Å². The number of methoxy groups -OCH3 is 3. The van der Waals surface area contributed by atoms with Gasteiger partial charge >= 0.3 is 0 Å². The van der Waals surface area contributed by atoms with E-state index in [1.165, 1.54) is 0 Å². The number of ether oxygens (including phenoxy) is 4. The number of nitrogens with zero attached hydrogens (tertiary/aromatic N) is 4. The zero-order chi connectivity index (χ0) is 21.5. The quantitative estimate of drug-likeness (QED) is 0.325. The molecule has 1 aliphatic rings. The highest BCUT2D eigenvalue weighted by molar-refractivity contribution is 14.0. The molecule has 0 amide bonds. The summed E-state index contributed by atoms with van der Waals surface area (Å²) in [7, 11) is 8.57. The Balaban J connectivity index is 0.00000341. The smallest absolute Gasteiger partial charge is 0.203 e. The Morgan fingerprint density at radius 2 is 2.00 bits per heavy atom. The summed E-state index contributed by atoms with van der Waals surface area (Å²) in [6.45, 7) is 2.86. The van der Waals surface area contributed by atoms with Crippen molar-refractivity contribution in [2.45, 2.75) is 12.5 Å². The standard InChI is InChI=1S/C21H31N5O4.HI/c1-22-21(26-10-11-30-18(14-26)16-12-24-25(2)13-16)23-9-8-15-6-7-17(27-3)20(29-5)19(15)28-4;/h6-7,12-13,18H,8-11,14H2,1-5H3,(H,22,23);1H. The summed E-state index contributed by atoms with van der Waals surface area (Å²) < 4.78 is 24.1. The number of rotatable bonds is 7. The molecule has 1 unspecified atom stereocenters. The van der Waals surface area contributed by atoms with Crippen LogP contribution in [-0.2, 0) is 18.2 Å². The Labute approximate surface area is 200 Å². The summed E-state index contributed by atoms with van der Waals surface area (Å²) >= 11 is 0. The summed E-state index contributed by atoms with van der Waals surface area (Å²) in [5.41, 5.74) is 2.11. The molecule has 1 N–H and O–H groups in total. The molecule has 0 radical (unpaired) electrons. The van der Waals surface area contributed by atoms with Crippen molar-refractivity contribution in [2.75, 3.05) is 54.6 Å². The highest BCUT2D eigenvalue weighted by Gasteiger charge is 2.25. The van der Waals surface area contributed by atoms with Gasteiger partial charge in [0.25, 0.3) is 0 Å². The molecular weight excluding hydrogens is 513 g/mol. The maximum atomic E-state index is 5.93. The van der Waals surface area contributed by atoms with E-state index in [0.717, 1.165) is 36.6 Å². The maximum Gasteiger partial charge on any atom is 0.203 e. The van der Waals surface area contributed by atoms with Gasteiger partial charge in [-0.1, -0.05) is 6.07 Å². The van der Waals surface area contributed by atoms with Gasteiger partial charge in [0.2, 0.25) is 5.75 Å². The summed E-state index contributed by atoms with van der Waals surface area (Å²) in [6.07, 6.45) is 4.58. The van der Waals surface area contributed by atoms with Crippen molar-refractivity contribution < 1.29 is 18.9 Å². The number of benzene rings is 1. The molecule has 0 aliphatic carbocycles. The number of aryl methyl sites for hydroxylation is 1. The number of aliphatic imine (C=N–C) groups is 1. The molecule has 9 nitrogen and oxygen atoms in total. The molecule has 31 heavy (non-hydrogen) atoms. The van der Waals surface area contributed by atoms with E-state index >= 15 is 0 Å². The lowest BCUT2D eigenvalue weighted by atomic mass is 10.1. The number of hydrogen-bond donors (Lipinski definition) is 1. The van der Waals surface area contributed by atoms with Gasteiger partial charge in [0.05, 0.1) is 40.7 Å². The number of morpholine rings is 1. The SMILES string of the molecule is CN=C(NCCc1ccc(OC)c(OC)c1OC)N1CCOC(c2cnn(C)c2)C1.I. The van der Waals surface area contributed by atoms with E-state index in [2.05, 4.69) is 20.3 Å². The minimum Gasteiger partial charge on any atom is -0.493 e. The number of hydrogen-bond acceptors (Lipinski definition) is 6. The van der Waals surface area contributed by atoms with Crippen LogP contribution in [-0.4, -0.2) is 75.3 Å². The Morgan fingerprint density at radius 1 is 1.23 bits per heavy atom. The fourth-order valence-electron chi connectivity index (χ4n) is 3.65. The third-order valence-electron chi connectivity index (χ3n) is 5.14. The number of aromatic nitrogens is 2. The van der Waals surface area contributed by atoms with Gasteiger partial charge in [-0.05, 0) is 12.5 Å². The van der Waals surface area contributed by atoms with Gasteiger partial charge < -0.3 is 29.2 Å². The normalized spacial score (nSPS) is 16.5. The van der Waals surface area contributed by atoms with Crippen LogP contribution in [0.4, 0.5) is 0 Å². The van der Waals surface area contributed by atoms with Crippen molar-refractivity contribution in [2.24, 2.45) is 12.0 Å². The van der Waals surface area contributed by atoms with E-state index in [9.17, 15) is 0 Å². The van der Waals surface area contributed by atoms with Crippen molar-refractivity contribution in [3.8, 4) is 17.2 Å². The van der Waals surface area contributed by atoms with Crippen molar-refractivity contribution in [3.63, 3.8) is 0 Å². The predicted octanol–water partition coefficient (Wildman–Crippen LogP) is 2.26. The lowest BCUT2D eigenvalue weighted by Gasteiger charge is -2.34. The Hall–Kier alpha value is -2.21. The molecule has 1 aromatic carbocycles. The van der Waals surface area contributed by atoms with Gasteiger partial charge in [0.1, 0.15) is 6.10 Å². The monoisotopic (exact) mass is 545 g/mol. The first-order valence-corrected chi connectivity index (χ1v) is 9.94. The minimum absolute atomic E-state index is 0. The average Bonchev–Trinajstić information content (AvgIpc) is 3.22. The topological polar surface area (TPSA) is 82.4 Å². The first-order valence-electron chi connectivity index (χ1n) is 9.94. The molecule has 0 bridgehead atoms. The lowest BCUT2D eigenvalue weighted by molar-refractivity contribution is -0.00800. The first-order chi connectivity index (χ1) is 14.6. The van der Waals surface area contributed by atoms with Crippen molar-refractivity contribution in [3.05, 3.63) is 35.7 Å².